The molecule has 1 aromatic heterocycles. The Hall–Kier alpha value is -2.44. The van der Waals surface area contributed by atoms with Crippen LogP contribution < -0.4 is 9.46 Å². The molecule has 0 bridgehead atoms. The molecule has 0 spiro atoms. The molecule has 1 heterocycles. The average Bonchev–Trinajstić information content (AvgIpc) is 3.29. The van der Waals surface area contributed by atoms with Gasteiger partial charge in [-0.25, -0.2) is 17.8 Å². The first-order valence-corrected chi connectivity index (χ1v) is 13.4. The molecule has 0 atom stereocenters. The van der Waals surface area contributed by atoms with Gasteiger partial charge in [0.05, 0.1) is 24.2 Å². The number of likely N-dealkylation sites (N-methyl/N-ethyl adjacent to an activating group) is 1. The number of aromatic nitrogens is 1. The highest BCUT2D eigenvalue weighted by Gasteiger charge is 2.23. The van der Waals surface area contributed by atoms with Crippen LogP contribution in [0.15, 0.2) is 46.1 Å². The summed E-state index contributed by atoms with van der Waals surface area (Å²) in [4.78, 5) is 16.4. The Kier molecular flexibility index (Phi) is 9.31. The highest BCUT2D eigenvalue weighted by atomic mass is 35.5. The van der Waals surface area contributed by atoms with Gasteiger partial charge in [0.2, 0.25) is 0 Å². The lowest BCUT2D eigenvalue weighted by Gasteiger charge is -2.17. The Morgan fingerprint density at radius 3 is 2.69 bits per heavy atom. The van der Waals surface area contributed by atoms with E-state index in [-0.39, 0.29) is 29.1 Å². The third-order valence-electron chi connectivity index (χ3n) is 4.80. The van der Waals surface area contributed by atoms with Crippen LogP contribution in [-0.4, -0.2) is 51.5 Å². The molecular weight excluding hydrogens is 540 g/mol. The van der Waals surface area contributed by atoms with Crippen molar-refractivity contribution in [3.63, 3.8) is 0 Å². The summed E-state index contributed by atoms with van der Waals surface area (Å²) in [6, 6.07) is 6.86. The molecule has 0 radical (unpaired) electrons. The smallest absolute Gasteiger partial charge is 0.319 e. The number of benzene rings is 2. The van der Waals surface area contributed by atoms with Gasteiger partial charge in [0.1, 0.15) is 22.2 Å². The fourth-order valence-corrected chi connectivity index (χ4v) is 5.22. The minimum absolute atomic E-state index is 0.0526. The summed E-state index contributed by atoms with van der Waals surface area (Å²) in [5.74, 6) is -0.949. The molecular formula is C22H22Cl2FN3O5S2. The van der Waals surface area contributed by atoms with Gasteiger partial charge in [-0.15, -0.1) is 11.3 Å². The molecule has 0 aliphatic carbocycles. The zero-order chi connectivity index (χ0) is 25.6. The summed E-state index contributed by atoms with van der Waals surface area (Å²) in [5, 5.41) is 1.87. The summed E-state index contributed by atoms with van der Waals surface area (Å²) in [7, 11) is -1.11. The van der Waals surface area contributed by atoms with Crippen LogP contribution in [0.3, 0.4) is 0 Å². The van der Waals surface area contributed by atoms with Crippen molar-refractivity contribution in [3.8, 4) is 11.5 Å². The van der Waals surface area contributed by atoms with Crippen molar-refractivity contribution < 1.29 is 27.1 Å². The van der Waals surface area contributed by atoms with E-state index in [0.717, 1.165) is 17.7 Å². The van der Waals surface area contributed by atoms with Gasteiger partial charge in [-0.3, -0.25) is 14.4 Å². The number of rotatable bonds is 11. The fourth-order valence-electron chi connectivity index (χ4n) is 3.11. The fraction of sp³-hybridized carbons (Fsp3) is 0.273. The predicted octanol–water partition coefficient (Wildman–Crippen LogP) is 5.22. The molecule has 35 heavy (non-hydrogen) atoms. The van der Waals surface area contributed by atoms with Gasteiger partial charge in [-0.05, 0) is 56.3 Å². The van der Waals surface area contributed by atoms with Gasteiger partial charge < -0.3 is 9.47 Å². The number of esters is 1. The third-order valence-corrected chi connectivity index (χ3v) is 7.29. The molecule has 3 rings (SSSR count). The van der Waals surface area contributed by atoms with E-state index in [1.165, 1.54) is 29.3 Å². The van der Waals surface area contributed by atoms with Crippen LogP contribution in [0.4, 0.5) is 10.2 Å². The SMILES string of the molecule is COC(=O)CN(C)CCCc1cc(Cl)ccc1Oc1cc(F)c(S(=O)(=O)Nc2cscn2)cc1Cl. The van der Waals surface area contributed by atoms with E-state index in [1.807, 2.05) is 4.90 Å². The summed E-state index contributed by atoms with van der Waals surface area (Å²) in [6.07, 6.45) is 1.22. The molecule has 1 N–H and O–H groups in total. The van der Waals surface area contributed by atoms with Gasteiger partial charge in [0, 0.05) is 16.5 Å². The lowest BCUT2D eigenvalue weighted by atomic mass is 10.1. The van der Waals surface area contributed by atoms with Crippen LogP contribution in [0, 0.1) is 5.82 Å². The number of ether oxygens (including phenoxy) is 2. The van der Waals surface area contributed by atoms with E-state index in [2.05, 4.69) is 14.4 Å². The number of sulfonamides is 1. The molecule has 0 aliphatic rings. The van der Waals surface area contributed by atoms with Crippen LogP contribution in [0.2, 0.25) is 10.0 Å². The summed E-state index contributed by atoms with van der Waals surface area (Å²) in [6.45, 7) is 0.770. The molecule has 8 nitrogen and oxygen atoms in total. The quantitative estimate of drug-likeness (QED) is 0.320. The number of halogens is 3. The summed E-state index contributed by atoms with van der Waals surface area (Å²) in [5.41, 5.74) is 2.18. The maximum absolute atomic E-state index is 14.8. The van der Waals surface area contributed by atoms with E-state index in [4.69, 9.17) is 27.9 Å². The number of aryl methyl sites for hydroxylation is 1. The number of hydrogen-bond acceptors (Lipinski definition) is 8. The number of methoxy groups -OCH3 is 1. The van der Waals surface area contributed by atoms with Gasteiger partial charge >= 0.3 is 5.97 Å². The zero-order valence-corrected chi connectivity index (χ0v) is 21.9. The van der Waals surface area contributed by atoms with E-state index in [0.29, 0.717) is 30.2 Å². The van der Waals surface area contributed by atoms with E-state index >= 15 is 0 Å². The number of nitrogens with zero attached hydrogens (tertiary/aromatic N) is 2. The molecule has 0 fully saturated rings. The Labute approximate surface area is 216 Å². The number of anilines is 1. The molecule has 0 amide bonds. The van der Waals surface area contributed by atoms with Gasteiger partial charge in [-0.2, -0.15) is 0 Å². The Morgan fingerprint density at radius 2 is 2.00 bits per heavy atom. The van der Waals surface area contributed by atoms with Crippen molar-refractivity contribution in [1.82, 2.24) is 9.88 Å². The minimum Gasteiger partial charge on any atom is -0.468 e. The Balaban J connectivity index is 1.76. The van der Waals surface area contributed by atoms with Crippen molar-refractivity contribution in [3.05, 3.63) is 62.6 Å². The summed E-state index contributed by atoms with van der Waals surface area (Å²) >= 11 is 13.6. The second kappa shape index (κ2) is 12.0. The number of hydrogen-bond donors (Lipinski definition) is 1. The predicted molar refractivity (Wildman–Crippen MR) is 134 cm³/mol. The first kappa shape index (κ1) is 27.2. The Morgan fingerprint density at radius 1 is 1.23 bits per heavy atom. The van der Waals surface area contributed by atoms with Crippen LogP contribution >= 0.6 is 34.5 Å². The lowest BCUT2D eigenvalue weighted by molar-refractivity contribution is -0.141. The first-order valence-electron chi connectivity index (χ1n) is 10.2. The maximum Gasteiger partial charge on any atom is 0.319 e. The standard InChI is InChI=1S/C22H22Cl2FN3O5S2/c1-28(11-22(29)32-2)7-3-4-14-8-15(23)5-6-18(14)33-19-10-17(25)20(9-16(19)24)35(30,31)27-21-12-34-13-26-21/h5-6,8-10,12-13,27H,3-4,7,11H2,1-2H3. The zero-order valence-electron chi connectivity index (χ0n) is 18.8. The summed E-state index contributed by atoms with van der Waals surface area (Å²) < 4.78 is 52.6. The van der Waals surface area contributed by atoms with Crippen LogP contribution in [0.1, 0.15) is 12.0 Å². The number of nitrogens with one attached hydrogen (secondary N) is 1. The number of thiazole rings is 1. The second-order valence-corrected chi connectivity index (χ2v) is 10.7. The van der Waals surface area contributed by atoms with Crippen LogP contribution in [0.5, 0.6) is 11.5 Å². The van der Waals surface area contributed by atoms with Gasteiger partial charge in [0.25, 0.3) is 10.0 Å². The van der Waals surface area contributed by atoms with Crippen molar-refractivity contribution >= 4 is 56.3 Å². The molecule has 0 unspecified atom stereocenters. The van der Waals surface area contributed by atoms with E-state index in [1.54, 1.807) is 25.2 Å². The molecule has 0 saturated carbocycles. The highest BCUT2D eigenvalue weighted by Crippen LogP contribution is 2.36. The monoisotopic (exact) mass is 561 g/mol. The number of carbonyl (C=O) groups is 1. The Bertz CT molecular complexity index is 1290. The molecule has 13 heteroatoms. The van der Waals surface area contributed by atoms with Gasteiger partial charge in [-0.1, -0.05) is 23.2 Å². The molecule has 0 saturated heterocycles. The third kappa shape index (κ3) is 7.52. The molecule has 3 aromatic rings. The largest absolute Gasteiger partial charge is 0.468 e. The first-order chi connectivity index (χ1) is 16.6. The highest BCUT2D eigenvalue weighted by molar-refractivity contribution is 7.92. The molecule has 188 valence electrons. The average molecular weight is 562 g/mol. The topological polar surface area (TPSA) is 97.8 Å². The molecule has 2 aromatic carbocycles. The van der Waals surface area contributed by atoms with Crippen molar-refractivity contribution in [2.75, 3.05) is 32.0 Å². The van der Waals surface area contributed by atoms with Crippen molar-refractivity contribution in [2.24, 2.45) is 0 Å². The van der Waals surface area contributed by atoms with Crippen molar-refractivity contribution in [2.45, 2.75) is 17.7 Å². The van der Waals surface area contributed by atoms with Crippen molar-refractivity contribution in [1.29, 1.82) is 0 Å². The van der Waals surface area contributed by atoms with Crippen LogP contribution in [0.25, 0.3) is 0 Å². The normalized spacial score (nSPS) is 11.5. The van der Waals surface area contributed by atoms with Gasteiger partial charge in [0.15, 0.2) is 5.82 Å². The second-order valence-electron chi connectivity index (χ2n) is 7.46. The number of carbonyl (C=O) groups excluding carboxylic acids is 1. The van der Waals surface area contributed by atoms with Crippen LogP contribution in [-0.2, 0) is 26.0 Å². The maximum atomic E-state index is 14.8. The van der Waals surface area contributed by atoms with E-state index < -0.39 is 20.7 Å². The van der Waals surface area contributed by atoms with E-state index in [9.17, 15) is 17.6 Å². The minimum atomic E-state index is -4.25. The molecule has 0 aliphatic heterocycles. The lowest BCUT2D eigenvalue weighted by Crippen LogP contribution is -2.27.